The van der Waals surface area contributed by atoms with Gasteiger partial charge in [0, 0.05) is 12.1 Å². The molecule has 110 valence electrons. The SMILES string of the molecule is CC(Cc1ccccc1)NC(=O)N(CC(=O)O)C(C)C. The second-order valence-electron chi connectivity index (χ2n) is 5.16. The third-order valence-electron chi connectivity index (χ3n) is 2.94. The van der Waals surface area contributed by atoms with E-state index < -0.39 is 5.97 Å². The number of nitrogens with zero attached hydrogens (tertiary/aromatic N) is 1. The maximum absolute atomic E-state index is 12.1. The van der Waals surface area contributed by atoms with E-state index in [0.717, 1.165) is 5.56 Å². The summed E-state index contributed by atoms with van der Waals surface area (Å²) in [4.78, 5) is 24.2. The minimum absolute atomic E-state index is 0.0556. The number of carbonyl (C=O) groups is 2. The molecule has 1 rings (SSSR count). The number of carboxylic acid groups (broad SMARTS) is 1. The van der Waals surface area contributed by atoms with Gasteiger partial charge in [-0.2, -0.15) is 0 Å². The fourth-order valence-corrected chi connectivity index (χ4v) is 1.95. The molecule has 0 aromatic heterocycles. The molecule has 1 aromatic rings. The molecule has 5 heteroatoms. The van der Waals surface area contributed by atoms with Crippen LogP contribution in [-0.2, 0) is 11.2 Å². The Balaban J connectivity index is 2.56. The zero-order valence-corrected chi connectivity index (χ0v) is 12.2. The first-order chi connectivity index (χ1) is 9.40. The van der Waals surface area contributed by atoms with Gasteiger partial charge >= 0.3 is 12.0 Å². The molecular weight excluding hydrogens is 256 g/mol. The fourth-order valence-electron chi connectivity index (χ4n) is 1.95. The summed E-state index contributed by atoms with van der Waals surface area (Å²) in [5.41, 5.74) is 1.13. The van der Waals surface area contributed by atoms with Crippen molar-refractivity contribution in [2.24, 2.45) is 0 Å². The van der Waals surface area contributed by atoms with Gasteiger partial charge in [0.15, 0.2) is 0 Å². The minimum atomic E-state index is -1.01. The second kappa shape index (κ2) is 7.53. The molecule has 0 saturated heterocycles. The van der Waals surface area contributed by atoms with Crippen LogP contribution in [0.2, 0.25) is 0 Å². The summed E-state index contributed by atoms with van der Waals surface area (Å²) in [5, 5.41) is 11.7. The van der Waals surface area contributed by atoms with E-state index in [2.05, 4.69) is 5.32 Å². The molecule has 5 nitrogen and oxygen atoms in total. The highest BCUT2D eigenvalue weighted by Crippen LogP contribution is 2.04. The van der Waals surface area contributed by atoms with E-state index in [4.69, 9.17) is 5.11 Å². The lowest BCUT2D eigenvalue weighted by molar-refractivity contribution is -0.138. The summed E-state index contributed by atoms with van der Waals surface area (Å²) < 4.78 is 0. The van der Waals surface area contributed by atoms with Crippen molar-refractivity contribution >= 4 is 12.0 Å². The number of urea groups is 1. The highest BCUT2D eigenvalue weighted by atomic mass is 16.4. The molecule has 0 saturated carbocycles. The normalized spacial score (nSPS) is 12.0. The van der Waals surface area contributed by atoms with Gasteiger partial charge in [0.2, 0.25) is 0 Å². The average molecular weight is 278 g/mol. The Morgan fingerprint density at radius 2 is 1.80 bits per heavy atom. The van der Waals surface area contributed by atoms with Gasteiger partial charge in [0.1, 0.15) is 6.54 Å². The first kappa shape index (κ1) is 16.0. The summed E-state index contributed by atoms with van der Waals surface area (Å²) in [5.74, 6) is -1.01. The molecule has 20 heavy (non-hydrogen) atoms. The molecule has 0 bridgehead atoms. The number of carboxylic acids is 1. The predicted octanol–water partition coefficient (Wildman–Crippen LogP) is 2.12. The molecule has 2 amide bonds. The van der Waals surface area contributed by atoms with Crippen molar-refractivity contribution < 1.29 is 14.7 Å². The molecule has 0 spiro atoms. The molecule has 0 radical (unpaired) electrons. The van der Waals surface area contributed by atoms with Crippen LogP contribution in [-0.4, -0.2) is 40.6 Å². The molecule has 1 atom stereocenters. The van der Waals surface area contributed by atoms with Crippen molar-refractivity contribution in [3.05, 3.63) is 35.9 Å². The Morgan fingerprint density at radius 3 is 2.30 bits per heavy atom. The quantitative estimate of drug-likeness (QED) is 0.837. The predicted molar refractivity (Wildman–Crippen MR) is 77.6 cm³/mol. The van der Waals surface area contributed by atoms with Gasteiger partial charge in [-0.05, 0) is 32.8 Å². The van der Waals surface area contributed by atoms with E-state index in [0.29, 0.717) is 6.42 Å². The highest BCUT2D eigenvalue weighted by Gasteiger charge is 2.21. The van der Waals surface area contributed by atoms with Gasteiger partial charge in [0.25, 0.3) is 0 Å². The van der Waals surface area contributed by atoms with Crippen LogP contribution in [0.15, 0.2) is 30.3 Å². The molecule has 0 fully saturated rings. The first-order valence-corrected chi connectivity index (χ1v) is 6.73. The van der Waals surface area contributed by atoms with Crippen LogP contribution < -0.4 is 5.32 Å². The number of benzene rings is 1. The van der Waals surface area contributed by atoms with Crippen LogP contribution in [0.3, 0.4) is 0 Å². The van der Waals surface area contributed by atoms with Gasteiger partial charge < -0.3 is 15.3 Å². The monoisotopic (exact) mass is 278 g/mol. The standard InChI is InChI=1S/C15H22N2O3/c1-11(2)17(10-14(18)19)15(20)16-12(3)9-13-7-5-4-6-8-13/h4-8,11-12H,9-10H2,1-3H3,(H,16,20)(H,18,19). The summed E-state index contributed by atoms with van der Waals surface area (Å²) in [6.07, 6.45) is 0.714. The van der Waals surface area contributed by atoms with Crippen molar-refractivity contribution in [3.8, 4) is 0 Å². The Bertz CT molecular complexity index is 446. The fraction of sp³-hybridized carbons (Fsp3) is 0.467. The van der Waals surface area contributed by atoms with Crippen LogP contribution in [0.25, 0.3) is 0 Å². The number of aliphatic carboxylic acids is 1. The number of hydrogen-bond acceptors (Lipinski definition) is 2. The summed E-state index contributed by atoms with van der Waals surface area (Å²) in [6.45, 7) is 5.21. The smallest absolute Gasteiger partial charge is 0.323 e. The van der Waals surface area contributed by atoms with E-state index in [1.165, 1.54) is 4.90 Å². The topological polar surface area (TPSA) is 69.6 Å². The molecular formula is C15H22N2O3. The van der Waals surface area contributed by atoms with E-state index >= 15 is 0 Å². The third-order valence-corrected chi connectivity index (χ3v) is 2.94. The van der Waals surface area contributed by atoms with Crippen LogP contribution in [0.5, 0.6) is 0 Å². The van der Waals surface area contributed by atoms with Crippen LogP contribution in [0, 0.1) is 0 Å². The van der Waals surface area contributed by atoms with E-state index in [-0.39, 0.29) is 24.7 Å². The van der Waals surface area contributed by atoms with Crippen LogP contribution in [0.1, 0.15) is 26.3 Å². The first-order valence-electron chi connectivity index (χ1n) is 6.73. The van der Waals surface area contributed by atoms with Gasteiger partial charge in [-0.3, -0.25) is 4.79 Å². The number of rotatable bonds is 6. The Hall–Kier alpha value is -2.04. The average Bonchev–Trinajstić information content (AvgIpc) is 2.36. The largest absolute Gasteiger partial charge is 0.480 e. The zero-order valence-electron chi connectivity index (χ0n) is 12.2. The van der Waals surface area contributed by atoms with Crippen molar-refractivity contribution in [1.82, 2.24) is 10.2 Å². The van der Waals surface area contributed by atoms with E-state index in [1.54, 1.807) is 13.8 Å². The van der Waals surface area contributed by atoms with Crippen molar-refractivity contribution in [1.29, 1.82) is 0 Å². The Kier molecular flexibility index (Phi) is 6.03. The maximum Gasteiger partial charge on any atom is 0.323 e. The third kappa shape index (κ3) is 5.30. The summed E-state index contributed by atoms with van der Waals surface area (Å²) >= 11 is 0. The molecule has 0 heterocycles. The summed E-state index contributed by atoms with van der Waals surface area (Å²) in [7, 11) is 0. The van der Waals surface area contributed by atoms with Crippen molar-refractivity contribution in [2.75, 3.05) is 6.54 Å². The number of hydrogen-bond donors (Lipinski definition) is 2. The second-order valence-corrected chi connectivity index (χ2v) is 5.16. The van der Waals surface area contributed by atoms with E-state index in [1.807, 2.05) is 37.3 Å². The Labute approximate surface area is 119 Å². The zero-order chi connectivity index (χ0) is 15.1. The molecule has 1 aromatic carbocycles. The maximum atomic E-state index is 12.1. The van der Waals surface area contributed by atoms with E-state index in [9.17, 15) is 9.59 Å². The Morgan fingerprint density at radius 1 is 1.20 bits per heavy atom. The lowest BCUT2D eigenvalue weighted by Gasteiger charge is -2.27. The lowest BCUT2D eigenvalue weighted by atomic mass is 10.1. The van der Waals surface area contributed by atoms with Crippen LogP contribution >= 0.6 is 0 Å². The molecule has 0 aliphatic heterocycles. The number of nitrogens with one attached hydrogen (secondary N) is 1. The molecule has 2 N–H and O–H groups in total. The van der Waals surface area contributed by atoms with Crippen LogP contribution in [0.4, 0.5) is 4.79 Å². The molecule has 1 unspecified atom stereocenters. The highest BCUT2D eigenvalue weighted by molar-refractivity contribution is 5.80. The van der Waals surface area contributed by atoms with Gasteiger partial charge in [-0.15, -0.1) is 0 Å². The number of amides is 2. The molecule has 0 aliphatic rings. The van der Waals surface area contributed by atoms with Crippen molar-refractivity contribution in [2.45, 2.75) is 39.3 Å². The number of carbonyl (C=O) groups excluding carboxylic acids is 1. The molecule has 0 aliphatic carbocycles. The van der Waals surface area contributed by atoms with Gasteiger partial charge in [0.05, 0.1) is 0 Å². The van der Waals surface area contributed by atoms with Gasteiger partial charge in [-0.25, -0.2) is 4.79 Å². The lowest BCUT2D eigenvalue weighted by Crippen LogP contribution is -2.49. The minimum Gasteiger partial charge on any atom is -0.480 e. The van der Waals surface area contributed by atoms with Crippen molar-refractivity contribution in [3.63, 3.8) is 0 Å². The summed E-state index contributed by atoms with van der Waals surface area (Å²) in [6, 6.07) is 9.30. The van der Waals surface area contributed by atoms with Gasteiger partial charge in [-0.1, -0.05) is 30.3 Å².